The van der Waals surface area contributed by atoms with Crippen molar-refractivity contribution in [2.75, 3.05) is 0 Å². The van der Waals surface area contributed by atoms with E-state index in [9.17, 15) is 9.90 Å². The molecule has 6 unspecified atom stereocenters. The Hall–Kier alpha value is -0.630. The summed E-state index contributed by atoms with van der Waals surface area (Å²) in [6.45, 7) is 9.03. The van der Waals surface area contributed by atoms with Gasteiger partial charge in [-0.1, -0.05) is 32.4 Å². The van der Waals surface area contributed by atoms with Crippen LogP contribution in [0.1, 0.15) is 85.5 Å². The van der Waals surface area contributed by atoms with Crippen molar-refractivity contribution < 1.29 is 9.90 Å². The first-order valence-electron chi connectivity index (χ1n) is 10.7. The van der Waals surface area contributed by atoms with E-state index >= 15 is 0 Å². The summed E-state index contributed by atoms with van der Waals surface area (Å²) in [7, 11) is 0. The third-order valence-electron chi connectivity index (χ3n) is 9.72. The number of Topliss-reactive ketones (excluding diaryl/α,β-unsaturated/α-hetero) is 1. The Morgan fingerprint density at radius 1 is 1.16 bits per heavy atom. The number of ketones is 1. The lowest BCUT2D eigenvalue weighted by molar-refractivity contribution is -0.140. The van der Waals surface area contributed by atoms with Crippen LogP contribution in [0.25, 0.3) is 0 Å². The summed E-state index contributed by atoms with van der Waals surface area (Å²) < 4.78 is 0. The van der Waals surface area contributed by atoms with Gasteiger partial charge in [-0.05, 0) is 93.3 Å². The van der Waals surface area contributed by atoms with Gasteiger partial charge in [0.2, 0.25) is 0 Å². The topological polar surface area (TPSA) is 37.3 Å². The van der Waals surface area contributed by atoms with Gasteiger partial charge in [-0.15, -0.1) is 0 Å². The fourth-order valence-electron chi connectivity index (χ4n) is 8.18. The molecule has 0 bridgehead atoms. The van der Waals surface area contributed by atoms with Gasteiger partial charge in [0.25, 0.3) is 0 Å². The average molecular weight is 345 g/mol. The molecule has 3 saturated carbocycles. The first-order valence-corrected chi connectivity index (χ1v) is 10.7. The van der Waals surface area contributed by atoms with Crippen LogP contribution in [0.3, 0.4) is 0 Å². The summed E-state index contributed by atoms with van der Waals surface area (Å²) in [6, 6.07) is 0. The van der Waals surface area contributed by atoms with Crippen molar-refractivity contribution in [2.24, 2.45) is 34.0 Å². The molecule has 0 amide bonds. The fraction of sp³-hybridized carbons (Fsp3) is 0.870. The van der Waals surface area contributed by atoms with Crippen molar-refractivity contribution in [3.05, 3.63) is 11.6 Å². The molecule has 0 saturated heterocycles. The van der Waals surface area contributed by atoms with Gasteiger partial charge < -0.3 is 5.11 Å². The Labute approximate surface area is 153 Å². The minimum Gasteiger partial charge on any atom is -0.393 e. The molecule has 25 heavy (non-hydrogen) atoms. The highest BCUT2D eigenvalue weighted by Gasteiger charge is 2.64. The molecule has 4 rings (SSSR count). The molecule has 7 atom stereocenters. The second-order valence-electron chi connectivity index (χ2n) is 10.1. The molecule has 140 valence electrons. The third-order valence-corrected chi connectivity index (χ3v) is 9.72. The van der Waals surface area contributed by atoms with Crippen LogP contribution in [0.4, 0.5) is 0 Å². The summed E-state index contributed by atoms with van der Waals surface area (Å²) in [4.78, 5) is 12.7. The van der Waals surface area contributed by atoms with E-state index in [0.29, 0.717) is 17.1 Å². The number of rotatable bonds is 2. The number of allylic oxidation sites excluding steroid dienone is 1. The van der Waals surface area contributed by atoms with Crippen molar-refractivity contribution in [1.82, 2.24) is 0 Å². The number of fused-ring (bicyclic) bond motifs is 5. The minimum absolute atomic E-state index is 0.0731. The van der Waals surface area contributed by atoms with Gasteiger partial charge in [-0.25, -0.2) is 0 Å². The Bertz CT molecular complexity index is 607. The maximum atomic E-state index is 12.7. The van der Waals surface area contributed by atoms with Crippen molar-refractivity contribution in [3.8, 4) is 0 Å². The Kier molecular flexibility index (Phi) is 4.04. The van der Waals surface area contributed by atoms with Crippen molar-refractivity contribution in [1.29, 1.82) is 0 Å². The normalized spacial score (nSPS) is 52.0. The van der Waals surface area contributed by atoms with Gasteiger partial charge in [0.15, 0.2) is 0 Å². The predicted octanol–water partition coefficient (Wildman–Crippen LogP) is 5.30. The monoisotopic (exact) mass is 344 g/mol. The lowest BCUT2D eigenvalue weighted by Gasteiger charge is -2.59. The van der Waals surface area contributed by atoms with E-state index in [0.717, 1.165) is 43.9 Å². The lowest BCUT2D eigenvalue weighted by Crippen LogP contribution is -2.53. The zero-order valence-corrected chi connectivity index (χ0v) is 16.6. The van der Waals surface area contributed by atoms with Crippen LogP contribution in [-0.4, -0.2) is 17.0 Å². The van der Waals surface area contributed by atoms with Gasteiger partial charge in [-0.2, -0.15) is 0 Å². The highest BCUT2D eigenvalue weighted by Crippen LogP contribution is 2.70. The van der Waals surface area contributed by atoms with E-state index in [1.807, 2.05) is 6.92 Å². The average Bonchev–Trinajstić information content (AvgIpc) is 2.89. The molecule has 0 spiro atoms. The zero-order valence-electron chi connectivity index (χ0n) is 16.6. The largest absolute Gasteiger partial charge is 0.393 e. The molecule has 0 aliphatic heterocycles. The molecule has 4 aliphatic carbocycles. The highest BCUT2D eigenvalue weighted by atomic mass is 16.3. The molecule has 0 aromatic rings. The number of hydrogen-bond acceptors (Lipinski definition) is 2. The van der Waals surface area contributed by atoms with Gasteiger partial charge in [-0.3, -0.25) is 4.79 Å². The maximum absolute atomic E-state index is 12.7. The zero-order chi connectivity index (χ0) is 18.0. The molecule has 0 heterocycles. The van der Waals surface area contributed by atoms with E-state index in [1.165, 1.54) is 25.7 Å². The van der Waals surface area contributed by atoms with E-state index in [2.05, 4.69) is 26.8 Å². The number of carbonyl (C=O) groups excluding carboxylic acids is 1. The van der Waals surface area contributed by atoms with Crippen LogP contribution in [0.5, 0.6) is 0 Å². The first-order chi connectivity index (χ1) is 11.8. The molecule has 0 aromatic heterocycles. The summed E-state index contributed by atoms with van der Waals surface area (Å²) in [5.41, 5.74) is 1.97. The molecule has 2 heteroatoms. The SMILES string of the molecule is CC[C@]1(C(C)=O)CCC2C3CC=C4CC(O)CCC4(C)C3CCC21C. The summed E-state index contributed by atoms with van der Waals surface area (Å²) >= 11 is 0. The van der Waals surface area contributed by atoms with Crippen molar-refractivity contribution in [2.45, 2.75) is 91.6 Å². The number of aliphatic hydroxyl groups is 1. The summed E-state index contributed by atoms with van der Waals surface area (Å²) in [5.74, 6) is 2.65. The van der Waals surface area contributed by atoms with Crippen LogP contribution in [0.2, 0.25) is 0 Å². The summed E-state index contributed by atoms with van der Waals surface area (Å²) in [5, 5.41) is 10.1. The molecule has 0 aromatic carbocycles. The Balaban J connectivity index is 1.70. The molecule has 3 fully saturated rings. The minimum atomic E-state index is -0.123. The van der Waals surface area contributed by atoms with Gasteiger partial charge in [0.1, 0.15) is 5.78 Å². The lowest BCUT2D eigenvalue weighted by atomic mass is 9.45. The van der Waals surface area contributed by atoms with E-state index < -0.39 is 0 Å². The smallest absolute Gasteiger partial charge is 0.136 e. The standard InChI is InChI=1S/C23H36O2/c1-5-23(15(2)24)13-10-20-18-7-6-16-14-17(25)8-11-21(16,3)19(18)9-12-22(20,23)4/h6,17-20,25H,5,7-14H2,1-4H3/t17?,18?,19?,20?,21?,22?,23-/m1/s1. The maximum Gasteiger partial charge on any atom is 0.136 e. The quantitative estimate of drug-likeness (QED) is 0.691. The van der Waals surface area contributed by atoms with Crippen LogP contribution in [-0.2, 0) is 4.79 Å². The third kappa shape index (κ3) is 2.16. The molecule has 2 nitrogen and oxygen atoms in total. The highest BCUT2D eigenvalue weighted by molar-refractivity contribution is 5.83. The van der Waals surface area contributed by atoms with Gasteiger partial charge in [0, 0.05) is 5.41 Å². The van der Waals surface area contributed by atoms with E-state index in [1.54, 1.807) is 5.57 Å². The van der Waals surface area contributed by atoms with Crippen molar-refractivity contribution >= 4 is 5.78 Å². The molecule has 4 aliphatic rings. The second kappa shape index (κ2) is 5.68. The van der Waals surface area contributed by atoms with E-state index in [-0.39, 0.29) is 16.9 Å². The molecule has 0 radical (unpaired) electrons. The molecular formula is C23H36O2. The fourth-order valence-corrected chi connectivity index (χ4v) is 8.18. The van der Waals surface area contributed by atoms with Gasteiger partial charge in [0.05, 0.1) is 6.10 Å². The van der Waals surface area contributed by atoms with Crippen LogP contribution in [0, 0.1) is 34.0 Å². The van der Waals surface area contributed by atoms with Crippen molar-refractivity contribution in [3.63, 3.8) is 0 Å². The van der Waals surface area contributed by atoms with Crippen LogP contribution >= 0.6 is 0 Å². The second-order valence-corrected chi connectivity index (χ2v) is 10.1. The predicted molar refractivity (Wildman–Crippen MR) is 101 cm³/mol. The van der Waals surface area contributed by atoms with Gasteiger partial charge >= 0.3 is 0 Å². The van der Waals surface area contributed by atoms with E-state index in [4.69, 9.17) is 0 Å². The Morgan fingerprint density at radius 2 is 1.88 bits per heavy atom. The molecular weight excluding hydrogens is 308 g/mol. The number of aliphatic hydroxyl groups excluding tert-OH is 1. The van der Waals surface area contributed by atoms with Crippen LogP contribution < -0.4 is 0 Å². The number of carbonyl (C=O) groups is 1. The summed E-state index contributed by atoms with van der Waals surface area (Å²) in [6.07, 6.45) is 12.4. The Morgan fingerprint density at radius 3 is 2.56 bits per heavy atom. The first kappa shape index (κ1) is 17.8. The number of hydrogen-bond donors (Lipinski definition) is 1. The molecule has 1 N–H and O–H groups in total. The van der Waals surface area contributed by atoms with Crippen LogP contribution in [0.15, 0.2) is 11.6 Å².